The van der Waals surface area contributed by atoms with Crippen LogP contribution in [0.1, 0.15) is 14.8 Å². The van der Waals surface area contributed by atoms with Gasteiger partial charge in [0.15, 0.2) is 0 Å². The van der Waals surface area contributed by atoms with Gasteiger partial charge < -0.3 is 11.5 Å². The number of hydrogen-bond donors (Lipinski definition) is 2. The molecule has 9 heavy (non-hydrogen) atoms. The molecular weight excluding hydrogens is 112 g/mol. The van der Waals surface area contributed by atoms with Gasteiger partial charge in [-0.15, -0.1) is 0 Å². The molecule has 0 aromatic heterocycles. The lowest BCUT2D eigenvalue weighted by molar-refractivity contribution is 0.718. The van der Waals surface area contributed by atoms with Crippen LogP contribution in [-0.4, -0.2) is 0 Å². The molecule has 52 valence electrons. The Labute approximate surface area is 56.7 Å². The highest BCUT2D eigenvalue weighted by Crippen LogP contribution is 2.15. The smallest absolute Gasteiger partial charge is 0.0506 e. The topological polar surface area (TPSA) is 52.0 Å². The van der Waals surface area contributed by atoms with Gasteiger partial charge in [-0.25, -0.2) is 0 Å². The third-order valence-electron chi connectivity index (χ3n) is 1.51. The predicted molar refractivity (Wildman–Crippen MR) is 40.4 cm³/mol. The van der Waals surface area contributed by atoms with Crippen LogP contribution in [0.2, 0.25) is 0 Å². The Morgan fingerprint density at radius 2 is 2.22 bits per heavy atom. The molecule has 0 aromatic carbocycles. The number of rotatable bonds is 0. The molecule has 1 aliphatic carbocycles. The second kappa shape index (κ2) is 2.13. The summed E-state index contributed by atoms with van der Waals surface area (Å²) in [5, 5.41) is 0. The van der Waals surface area contributed by atoms with Gasteiger partial charge in [0, 0.05) is 1.43 Å². The monoisotopic (exact) mass is 126 g/mol. The Hall–Kier alpha value is -0.920. The van der Waals surface area contributed by atoms with E-state index in [1.807, 2.05) is 12.2 Å². The van der Waals surface area contributed by atoms with Crippen molar-refractivity contribution in [3.8, 4) is 0 Å². The molecule has 4 N–H and O–H groups in total. The van der Waals surface area contributed by atoms with Crippen LogP contribution in [0.3, 0.4) is 0 Å². The van der Waals surface area contributed by atoms with Crippen LogP contribution >= 0.6 is 0 Å². The fourth-order valence-electron chi connectivity index (χ4n) is 0.902. The minimum absolute atomic E-state index is 0. The summed E-state index contributed by atoms with van der Waals surface area (Å²) in [5.41, 5.74) is 12.5. The van der Waals surface area contributed by atoms with E-state index in [0.717, 1.165) is 17.8 Å². The normalized spacial score (nSPS) is 27.0. The Balaban J connectivity index is 0.000000810. The van der Waals surface area contributed by atoms with E-state index in [-0.39, 0.29) is 1.43 Å². The average Bonchev–Trinajstić information content (AvgIpc) is 1.80. The molecule has 0 aromatic rings. The molecule has 0 amide bonds. The van der Waals surface area contributed by atoms with Gasteiger partial charge in [-0.3, -0.25) is 0 Å². The van der Waals surface area contributed by atoms with Gasteiger partial charge in [-0.2, -0.15) is 0 Å². The van der Waals surface area contributed by atoms with Crippen molar-refractivity contribution in [1.29, 1.82) is 0 Å². The highest BCUT2D eigenvalue weighted by atomic mass is 14.7. The fraction of sp³-hybridized carbons (Fsp3) is 0.429. The summed E-state index contributed by atoms with van der Waals surface area (Å²) in [6, 6.07) is 0. The molecule has 1 atom stereocenters. The summed E-state index contributed by atoms with van der Waals surface area (Å²) in [6.07, 6.45) is 4.99. The van der Waals surface area contributed by atoms with Crippen molar-refractivity contribution in [3.05, 3.63) is 23.5 Å². The average molecular weight is 126 g/mol. The van der Waals surface area contributed by atoms with E-state index in [1.54, 1.807) is 0 Å². The van der Waals surface area contributed by atoms with E-state index >= 15 is 0 Å². The Kier molecular flexibility index (Phi) is 1.47. The summed E-state index contributed by atoms with van der Waals surface area (Å²) in [4.78, 5) is 0. The van der Waals surface area contributed by atoms with Gasteiger partial charge in [0.1, 0.15) is 0 Å². The third-order valence-corrected chi connectivity index (χ3v) is 1.51. The van der Waals surface area contributed by atoms with Gasteiger partial charge in [0.25, 0.3) is 0 Å². The molecule has 2 nitrogen and oxygen atoms in total. The first-order chi connectivity index (χ1) is 4.20. The van der Waals surface area contributed by atoms with Gasteiger partial charge in [0.2, 0.25) is 0 Å². The molecule has 0 aliphatic heterocycles. The zero-order valence-electron chi connectivity index (χ0n) is 5.59. The molecule has 0 saturated heterocycles. The van der Waals surface area contributed by atoms with Crippen molar-refractivity contribution in [2.45, 2.75) is 13.3 Å². The van der Waals surface area contributed by atoms with E-state index in [4.69, 9.17) is 11.5 Å². The first-order valence-electron chi connectivity index (χ1n) is 3.13. The second-order valence-electron chi connectivity index (χ2n) is 2.49. The van der Waals surface area contributed by atoms with Crippen molar-refractivity contribution in [2.75, 3.05) is 0 Å². The maximum Gasteiger partial charge on any atom is 0.0506 e. The molecule has 0 spiro atoms. The molecule has 0 radical (unpaired) electrons. The molecule has 0 fully saturated rings. The molecular formula is C7H14N2. The molecule has 1 unspecified atom stereocenters. The molecule has 0 saturated carbocycles. The Morgan fingerprint density at radius 3 is 2.67 bits per heavy atom. The zero-order valence-corrected chi connectivity index (χ0v) is 5.59. The Morgan fingerprint density at radius 1 is 1.56 bits per heavy atom. The van der Waals surface area contributed by atoms with E-state index < -0.39 is 0 Å². The zero-order chi connectivity index (χ0) is 6.85. The van der Waals surface area contributed by atoms with Crippen LogP contribution < -0.4 is 11.5 Å². The summed E-state index contributed by atoms with van der Waals surface area (Å²) in [5.74, 6) is 0.553. The lowest BCUT2D eigenvalue weighted by Crippen LogP contribution is -2.14. The Bertz CT molecular complexity index is 172. The van der Waals surface area contributed by atoms with E-state index in [9.17, 15) is 0 Å². The summed E-state index contributed by atoms with van der Waals surface area (Å²) in [6.45, 7) is 2.12. The van der Waals surface area contributed by atoms with Crippen molar-refractivity contribution < 1.29 is 1.43 Å². The number of allylic oxidation sites excluding steroid dienone is 2. The number of nitrogens with two attached hydrogens (primary N) is 2. The standard InChI is InChI=1S/C7H12N2.H2/c1-5-2-3-6(8)7(9)4-5;/h3-5H,2,8-9H2,1H3;1H. The van der Waals surface area contributed by atoms with Crippen LogP contribution in [0.4, 0.5) is 0 Å². The first-order valence-corrected chi connectivity index (χ1v) is 3.13. The summed E-state index contributed by atoms with van der Waals surface area (Å²) < 4.78 is 0. The molecule has 1 rings (SSSR count). The maximum absolute atomic E-state index is 5.54. The minimum Gasteiger partial charge on any atom is -0.397 e. The van der Waals surface area contributed by atoms with E-state index in [1.165, 1.54) is 0 Å². The van der Waals surface area contributed by atoms with Gasteiger partial charge >= 0.3 is 0 Å². The van der Waals surface area contributed by atoms with Crippen LogP contribution in [0, 0.1) is 5.92 Å². The maximum atomic E-state index is 5.54. The predicted octanol–water partition coefficient (Wildman–Crippen LogP) is 0.957. The lowest BCUT2D eigenvalue weighted by atomic mass is 10.00. The van der Waals surface area contributed by atoms with Crippen LogP contribution in [0.25, 0.3) is 0 Å². The highest BCUT2D eigenvalue weighted by Gasteiger charge is 2.05. The summed E-state index contributed by atoms with van der Waals surface area (Å²) >= 11 is 0. The molecule has 0 bridgehead atoms. The van der Waals surface area contributed by atoms with Crippen molar-refractivity contribution in [1.82, 2.24) is 0 Å². The van der Waals surface area contributed by atoms with E-state index in [0.29, 0.717) is 5.92 Å². The minimum atomic E-state index is 0. The largest absolute Gasteiger partial charge is 0.397 e. The van der Waals surface area contributed by atoms with Crippen LogP contribution in [0.15, 0.2) is 23.5 Å². The summed E-state index contributed by atoms with van der Waals surface area (Å²) in [7, 11) is 0. The third kappa shape index (κ3) is 1.25. The van der Waals surface area contributed by atoms with Crippen LogP contribution in [-0.2, 0) is 0 Å². The first kappa shape index (κ1) is 6.20. The van der Waals surface area contributed by atoms with Crippen molar-refractivity contribution >= 4 is 0 Å². The molecule has 1 aliphatic rings. The van der Waals surface area contributed by atoms with Crippen LogP contribution in [0.5, 0.6) is 0 Å². The fourth-order valence-corrected chi connectivity index (χ4v) is 0.902. The van der Waals surface area contributed by atoms with Gasteiger partial charge in [0.05, 0.1) is 11.4 Å². The van der Waals surface area contributed by atoms with Gasteiger partial charge in [-0.05, 0) is 12.3 Å². The second-order valence-corrected chi connectivity index (χ2v) is 2.49. The van der Waals surface area contributed by atoms with Gasteiger partial charge in [-0.1, -0.05) is 19.1 Å². The quantitative estimate of drug-likeness (QED) is 0.508. The highest BCUT2D eigenvalue weighted by molar-refractivity contribution is 5.28. The van der Waals surface area contributed by atoms with Crippen molar-refractivity contribution in [3.63, 3.8) is 0 Å². The number of hydrogen-bond acceptors (Lipinski definition) is 2. The van der Waals surface area contributed by atoms with Crippen molar-refractivity contribution in [2.24, 2.45) is 17.4 Å². The molecule has 2 heteroatoms. The SMILES string of the molecule is CC1C=C(N)C(N)=CC1.[HH]. The lowest BCUT2D eigenvalue weighted by Gasteiger charge is -2.12. The van der Waals surface area contributed by atoms with E-state index in [2.05, 4.69) is 6.92 Å². The molecule has 0 heterocycles.